The van der Waals surface area contributed by atoms with Crippen molar-refractivity contribution in [1.82, 2.24) is 35.3 Å². The number of aryl methyl sites for hydroxylation is 2. The number of carbonyl (C=O) groups is 1. The Morgan fingerprint density at radius 3 is 2.75 bits per heavy atom. The minimum atomic E-state index is -0.0746. The molecule has 2 heterocycles. The molecule has 0 aliphatic heterocycles. The molecule has 2 aromatic rings. The number of nitrogens with one attached hydrogen (secondary N) is 1. The maximum absolute atomic E-state index is 11.9. The van der Waals surface area contributed by atoms with Gasteiger partial charge in [-0.3, -0.25) is 9.48 Å². The van der Waals surface area contributed by atoms with Crippen LogP contribution in [-0.2, 0) is 18.9 Å². The highest BCUT2D eigenvalue weighted by Gasteiger charge is 2.15. The molecule has 8 nitrogen and oxygen atoms in total. The molecule has 0 saturated carbocycles. The lowest BCUT2D eigenvalue weighted by Gasteiger charge is -2.13. The van der Waals surface area contributed by atoms with Gasteiger partial charge < -0.3 is 5.32 Å². The van der Waals surface area contributed by atoms with E-state index < -0.39 is 0 Å². The first-order chi connectivity index (χ1) is 9.49. The van der Waals surface area contributed by atoms with Crippen molar-refractivity contribution in [2.45, 2.75) is 25.0 Å². The summed E-state index contributed by atoms with van der Waals surface area (Å²) < 4.78 is 3.32. The van der Waals surface area contributed by atoms with E-state index in [1.54, 1.807) is 17.9 Å². The van der Waals surface area contributed by atoms with Crippen molar-refractivity contribution in [2.24, 2.45) is 14.1 Å². The molecular weight excluding hydrogens is 278 g/mol. The summed E-state index contributed by atoms with van der Waals surface area (Å²) in [5, 5.41) is 18.8. The fourth-order valence-electron chi connectivity index (χ4n) is 1.78. The fourth-order valence-corrected chi connectivity index (χ4v) is 2.44. The van der Waals surface area contributed by atoms with Crippen LogP contribution in [0.3, 0.4) is 0 Å². The van der Waals surface area contributed by atoms with Crippen molar-refractivity contribution in [1.29, 1.82) is 0 Å². The summed E-state index contributed by atoms with van der Waals surface area (Å²) in [5.74, 6) is 0.214. The van der Waals surface area contributed by atoms with Gasteiger partial charge in [-0.05, 0) is 24.3 Å². The van der Waals surface area contributed by atoms with Crippen LogP contribution in [0.4, 0.5) is 0 Å². The second-order valence-electron chi connectivity index (χ2n) is 4.47. The van der Waals surface area contributed by atoms with E-state index in [1.165, 1.54) is 16.4 Å². The SMILES string of the molecule is Cc1c([C@H](C)NC(=O)CSc2nnnn2C)cnn1C. The zero-order valence-electron chi connectivity index (χ0n) is 11.9. The zero-order chi connectivity index (χ0) is 14.7. The summed E-state index contributed by atoms with van der Waals surface area (Å²) in [7, 11) is 3.62. The fraction of sp³-hybridized carbons (Fsp3) is 0.545. The van der Waals surface area contributed by atoms with Crippen LogP contribution in [0.15, 0.2) is 11.4 Å². The summed E-state index contributed by atoms with van der Waals surface area (Å²) in [6, 6.07) is -0.0746. The van der Waals surface area contributed by atoms with E-state index in [9.17, 15) is 4.79 Å². The number of rotatable bonds is 5. The summed E-state index contributed by atoms with van der Waals surface area (Å²) in [6.45, 7) is 3.92. The van der Waals surface area contributed by atoms with E-state index in [0.29, 0.717) is 5.16 Å². The summed E-state index contributed by atoms with van der Waals surface area (Å²) in [5.41, 5.74) is 2.06. The van der Waals surface area contributed by atoms with Crippen LogP contribution < -0.4 is 5.32 Å². The van der Waals surface area contributed by atoms with Gasteiger partial charge in [0.05, 0.1) is 18.0 Å². The smallest absolute Gasteiger partial charge is 0.230 e. The quantitative estimate of drug-likeness (QED) is 0.794. The van der Waals surface area contributed by atoms with Crippen molar-refractivity contribution >= 4 is 17.7 Å². The van der Waals surface area contributed by atoms with Crippen LogP contribution in [0.25, 0.3) is 0 Å². The predicted molar refractivity (Wildman–Crippen MR) is 74.0 cm³/mol. The lowest BCUT2D eigenvalue weighted by molar-refractivity contribution is -0.119. The van der Waals surface area contributed by atoms with Crippen molar-refractivity contribution in [2.75, 3.05) is 5.75 Å². The third-order valence-corrected chi connectivity index (χ3v) is 4.04. The molecule has 2 aromatic heterocycles. The zero-order valence-corrected chi connectivity index (χ0v) is 12.7. The van der Waals surface area contributed by atoms with E-state index in [4.69, 9.17) is 0 Å². The van der Waals surface area contributed by atoms with Crippen LogP contribution in [0, 0.1) is 6.92 Å². The van der Waals surface area contributed by atoms with Crippen LogP contribution >= 0.6 is 11.8 Å². The molecular formula is C11H17N7OS. The van der Waals surface area contributed by atoms with E-state index in [-0.39, 0.29) is 17.7 Å². The molecule has 0 fully saturated rings. The van der Waals surface area contributed by atoms with Gasteiger partial charge in [0.25, 0.3) is 0 Å². The number of tetrazole rings is 1. The molecule has 0 aliphatic rings. The number of amides is 1. The summed E-state index contributed by atoms with van der Waals surface area (Å²) in [4.78, 5) is 11.9. The molecule has 0 saturated heterocycles. The molecule has 1 atom stereocenters. The highest BCUT2D eigenvalue weighted by molar-refractivity contribution is 7.99. The number of hydrogen-bond acceptors (Lipinski definition) is 6. The van der Waals surface area contributed by atoms with Crippen molar-refractivity contribution in [3.05, 3.63) is 17.5 Å². The Morgan fingerprint density at radius 1 is 1.45 bits per heavy atom. The Hall–Kier alpha value is -1.90. The van der Waals surface area contributed by atoms with E-state index in [2.05, 4.69) is 25.9 Å². The average Bonchev–Trinajstić information content (AvgIpc) is 2.95. The third kappa shape index (κ3) is 3.16. The van der Waals surface area contributed by atoms with Crippen LogP contribution in [0.5, 0.6) is 0 Å². The van der Waals surface area contributed by atoms with Gasteiger partial charge in [0, 0.05) is 25.4 Å². The monoisotopic (exact) mass is 295 g/mol. The topological polar surface area (TPSA) is 90.5 Å². The Morgan fingerprint density at radius 2 is 2.20 bits per heavy atom. The minimum absolute atomic E-state index is 0.0613. The van der Waals surface area contributed by atoms with Crippen molar-refractivity contribution in [3.8, 4) is 0 Å². The molecule has 0 aromatic carbocycles. The first-order valence-corrected chi connectivity index (χ1v) is 7.10. The predicted octanol–water partition coefficient (Wildman–Crippen LogP) is 0.222. The van der Waals surface area contributed by atoms with Gasteiger partial charge in [0.15, 0.2) is 0 Å². The number of nitrogens with zero attached hydrogens (tertiary/aromatic N) is 6. The first kappa shape index (κ1) is 14.5. The second kappa shape index (κ2) is 6.04. The maximum Gasteiger partial charge on any atom is 0.230 e. The van der Waals surface area contributed by atoms with Gasteiger partial charge in [-0.15, -0.1) is 5.10 Å². The molecule has 0 spiro atoms. The minimum Gasteiger partial charge on any atom is -0.349 e. The van der Waals surface area contributed by atoms with E-state index in [1.807, 2.05) is 20.9 Å². The molecule has 0 unspecified atom stereocenters. The van der Waals surface area contributed by atoms with Gasteiger partial charge in [-0.1, -0.05) is 11.8 Å². The van der Waals surface area contributed by atoms with Gasteiger partial charge in [0.1, 0.15) is 0 Å². The molecule has 1 N–H and O–H groups in total. The highest BCUT2D eigenvalue weighted by atomic mass is 32.2. The van der Waals surface area contributed by atoms with Gasteiger partial charge >= 0.3 is 0 Å². The van der Waals surface area contributed by atoms with Crippen molar-refractivity contribution < 1.29 is 4.79 Å². The summed E-state index contributed by atoms with van der Waals surface area (Å²) in [6.07, 6.45) is 1.78. The Balaban J connectivity index is 1.88. The Kier molecular flexibility index (Phi) is 4.38. The molecule has 1 amide bonds. The van der Waals surface area contributed by atoms with Crippen LogP contribution in [0.2, 0.25) is 0 Å². The highest BCUT2D eigenvalue weighted by Crippen LogP contribution is 2.17. The molecule has 9 heteroatoms. The van der Waals surface area contributed by atoms with E-state index in [0.717, 1.165) is 11.3 Å². The van der Waals surface area contributed by atoms with Gasteiger partial charge in [0.2, 0.25) is 11.1 Å². The van der Waals surface area contributed by atoms with E-state index >= 15 is 0 Å². The molecule has 0 bridgehead atoms. The lowest BCUT2D eigenvalue weighted by Crippen LogP contribution is -2.28. The second-order valence-corrected chi connectivity index (χ2v) is 5.41. The standard InChI is InChI=1S/C11H17N7OS/c1-7(9-5-12-17(3)8(9)2)13-10(19)6-20-11-14-15-16-18(11)4/h5,7H,6H2,1-4H3,(H,13,19)/t7-/m0/s1. The van der Waals surface area contributed by atoms with Gasteiger partial charge in [-0.25, -0.2) is 4.68 Å². The Bertz CT molecular complexity index is 606. The molecule has 0 radical (unpaired) electrons. The maximum atomic E-state index is 11.9. The first-order valence-electron chi connectivity index (χ1n) is 6.12. The number of carbonyl (C=O) groups excluding carboxylic acids is 1. The third-order valence-electron chi connectivity index (χ3n) is 3.03. The molecule has 0 aliphatic carbocycles. The number of hydrogen-bond donors (Lipinski definition) is 1. The molecule has 108 valence electrons. The summed E-state index contributed by atoms with van der Waals surface area (Å²) >= 11 is 1.30. The lowest BCUT2D eigenvalue weighted by atomic mass is 10.1. The average molecular weight is 295 g/mol. The normalized spacial score (nSPS) is 12.4. The Labute approximate surface area is 120 Å². The molecule has 20 heavy (non-hydrogen) atoms. The van der Waals surface area contributed by atoms with Crippen LogP contribution in [0.1, 0.15) is 24.2 Å². The largest absolute Gasteiger partial charge is 0.349 e. The van der Waals surface area contributed by atoms with Crippen LogP contribution in [-0.4, -0.2) is 41.6 Å². The number of aromatic nitrogens is 6. The van der Waals surface area contributed by atoms with Gasteiger partial charge in [-0.2, -0.15) is 5.10 Å². The number of thioether (sulfide) groups is 1. The van der Waals surface area contributed by atoms with Crippen molar-refractivity contribution in [3.63, 3.8) is 0 Å². The molecule has 2 rings (SSSR count).